The van der Waals surface area contributed by atoms with E-state index in [4.69, 9.17) is 15.4 Å². The minimum absolute atomic E-state index is 0.132. The summed E-state index contributed by atoms with van der Waals surface area (Å²) in [5, 5.41) is 8.91. The molecule has 0 aromatic heterocycles. The van der Waals surface area contributed by atoms with Gasteiger partial charge in [0.15, 0.2) is 0 Å². The minimum atomic E-state index is -1.87. The van der Waals surface area contributed by atoms with Crippen molar-refractivity contribution < 1.29 is 4.43 Å². The number of nitrogens with two attached hydrogens (primary N) is 1. The zero-order chi connectivity index (χ0) is 13.3. The number of rotatable bonds is 2. The van der Waals surface area contributed by atoms with E-state index in [0.717, 1.165) is 0 Å². The van der Waals surface area contributed by atoms with Crippen LogP contribution in [-0.2, 0) is 0 Å². The first-order valence-corrected chi connectivity index (χ1v) is 8.57. The smallest absolute Gasteiger partial charge is 0.250 e. The highest BCUT2D eigenvalue weighted by atomic mass is 28.4. The summed E-state index contributed by atoms with van der Waals surface area (Å²) in [5.41, 5.74) is 6.99. The molecule has 1 aromatic carbocycles. The van der Waals surface area contributed by atoms with Crippen LogP contribution in [0.4, 0.5) is 5.69 Å². The van der Waals surface area contributed by atoms with Gasteiger partial charge in [0.05, 0.1) is 17.3 Å². The number of nitriles is 1. The zero-order valence-corrected chi connectivity index (χ0v) is 12.2. The van der Waals surface area contributed by atoms with Crippen molar-refractivity contribution in [1.82, 2.24) is 0 Å². The lowest BCUT2D eigenvalue weighted by Crippen LogP contribution is -2.44. The maximum absolute atomic E-state index is 8.78. The largest absolute Gasteiger partial charge is 0.542 e. The molecule has 1 aromatic rings. The van der Waals surface area contributed by atoms with Crippen molar-refractivity contribution in [3.63, 3.8) is 0 Å². The van der Waals surface area contributed by atoms with Gasteiger partial charge in [-0.05, 0) is 36.3 Å². The lowest BCUT2D eigenvalue weighted by Gasteiger charge is -2.36. The van der Waals surface area contributed by atoms with E-state index in [0.29, 0.717) is 17.0 Å². The van der Waals surface area contributed by atoms with E-state index in [1.807, 2.05) is 0 Å². The third kappa shape index (κ3) is 3.01. The maximum Gasteiger partial charge on any atom is 0.250 e. The molecule has 0 radical (unpaired) electrons. The molecule has 3 nitrogen and oxygen atoms in total. The third-order valence-corrected chi connectivity index (χ3v) is 7.65. The van der Waals surface area contributed by atoms with E-state index in [1.165, 1.54) is 0 Å². The van der Waals surface area contributed by atoms with Gasteiger partial charge in [0.2, 0.25) is 0 Å². The van der Waals surface area contributed by atoms with E-state index in [2.05, 4.69) is 39.9 Å². The molecule has 0 aliphatic carbocycles. The van der Waals surface area contributed by atoms with Crippen molar-refractivity contribution in [2.45, 2.75) is 38.9 Å². The Morgan fingerprint density at radius 2 is 1.88 bits per heavy atom. The summed E-state index contributed by atoms with van der Waals surface area (Å²) in [6.07, 6.45) is 0. The van der Waals surface area contributed by atoms with Gasteiger partial charge >= 0.3 is 0 Å². The molecule has 0 heterocycles. The normalized spacial score (nSPS) is 12.0. The SMILES string of the molecule is CC(C)(C)[Si](C)(C)Oc1ccc(C#N)cc1N. The molecule has 0 unspecified atom stereocenters. The van der Waals surface area contributed by atoms with Gasteiger partial charge in [-0.3, -0.25) is 0 Å². The maximum atomic E-state index is 8.78. The lowest BCUT2D eigenvalue weighted by molar-refractivity contribution is 0.494. The molecule has 0 saturated carbocycles. The van der Waals surface area contributed by atoms with Gasteiger partial charge in [0.25, 0.3) is 8.32 Å². The molecular formula is C13H20N2OSi. The fraction of sp³-hybridized carbons (Fsp3) is 0.462. The fourth-order valence-corrected chi connectivity index (χ4v) is 2.18. The molecule has 0 aliphatic rings. The highest BCUT2D eigenvalue weighted by molar-refractivity contribution is 6.74. The second-order valence-corrected chi connectivity index (χ2v) is 10.5. The molecule has 0 amide bonds. The van der Waals surface area contributed by atoms with E-state index in [-0.39, 0.29) is 5.04 Å². The topological polar surface area (TPSA) is 59.0 Å². The van der Waals surface area contributed by atoms with Crippen LogP contribution >= 0.6 is 0 Å². The average Bonchev–Trinajstić information content (AvgIpc) is 2.19. The predicted molar refractivity (Wildman–Crippen MR) is 73.4 cm³/mol. The van der Waals surface area contributed by atoms with E-state index >= 15 is 0 Å². The Bertz CT molecular complexity index is 455. The summed E-state index contributed by atoms with van der Waals surface area (Å²) in [6.45, 7) is 10.9. The van der Waals surface area contributed by atoms with Crippen molar-refractivity contribution >= 4 is 14.0 Å². The molecule has 0 spiro atoms. The summed E-state index contributed by atoms with van der Waals surface area (Å²) in [6, 6.07) is 7.24. The molecule has 17 heavy (non-hydrogen) atoms. The lowest BCUT2D eigenvalue weighted by atomic mass is 10.2. The van der Waals surface area contributed by atoms with Crippen LogP contribution < -0.4 is 10.2 Å². The Morgan fingerprint density at radius 1 is 1.29 bits per heavy atom. The summed E-state index contributed by atoms with van der Waals surface area (Å²) in [5.74, 6) is 0.690. The van der Waals surface area contributed by atoms with Crippen molar-refractivity contribution in [2.75, 3.05) is 5.73 Å². The quantitative estimate of drug-likeness (QED) is 0.643. The zero-order valence-electron chi connectivity index (χ0n) is 11.2. The number of nitrogens with zero attached hydrogens (tertiary/aromatic N) is 1. The molecule has 92 valence electrons. The Balaban J connectivity index is 3.02. The molecule has 1 rings (SSSR count). The van der Waals surface area contributed by atoms with Gasteiger partial charge < -0.3 is 10.2 Å². The Morgan fingerprint density at radius 3 is 2.29 bits per heavy atom. The number of benzene rings is 1. The van der Waals surface area contributed by atoms with Crippen LogP contribution in [0.15, 0.2) is 18.2 Å². The Labute approximate surface area is 104 Å². The van der Waals surface area contributed by atoms with Crippen LogP contribution in [-0.4, -0.2) is 8.32 Å². The second-order valence-electron chi connectivity index (χ2n) is 5.73. The van der Waals surface area contributed by atoms with Gasteiger partial charge in [-0.2, -0.15) is 5.26 Å². The summed E-state index contributed by atoms with van der Waals surface area (Å²) in [4.78, 5) is 0. The summed E-state index contributed by atoms with van der Waals surface area (Å²) >= 11 is 0. The van der Waals surface area contributed by atoms with Crippen LogP contribution in [0.3, 0.4) is 0 Å². The molecule has 0 atom stereocenters. The van der Waals surface area contributed by atoms with Crippen molar-refractivity contribution in [2.24, 2.45) is 0 Å². The number of anilines is 1. The Hall–Kier alpha value is -1.47. The van der Waals surface area contributed by atoms with Crippen molar-refractivity contribution in [1.29, 1.82) is 5.26 Å². The fourth-order valence-electron chi connectivity index (χ4n) is 1.14. The van der Waals surface area contributed by atoms with Crippen LogP contribution in [0.5, 0.6) is 5.75 Å². The number of hydrogen-bond donors (Lipinski definition) is 1. The first kappa shape index (κ1) is 13.6. The first-order chi connectivity index (χ1) is 7.67. The molecular weight excluding hydrogens is 228 g/mol. The molecule has 0 aliphatic heterocycles. The molecule has 4 heteroatoms. The molecule has 0 bridgehead atoms. The summed E-state index contributed by atoms with van der Waals surface area (Å²) < 4.78 is 6.10. The molecule has 0 saturated heterocycles. The van der Waals surface area contributed by atoms with Crippen LogP contribution in [0, 0.1) is 11.3 Å². The van der Waals surface area contributed by atoms with Gasteiger partial charge in [-0.25, -0.2) is 0 Å². The number of hydrogen-bond acceptors (Lipinski definition) is 3. The van der Waals surface area contributed by atoms with E-state index in [9.17, 15) is 0 Å². The molecule has 0 fully saturated rings. The van der Waals surface area contributed by atoms with E-state index < -0.39 is 8.32 Å². The van der Waals surface area contributed by atoms with E-state index in [1.54, 1.807) is 18.2 Å². The summed E-state index contributed by atoms with van der Waals surface area (Å²) in [7, 11) is -1.87. The average molecular weight is 248 g/mol. The van der Waals surface area contributed by atoms with Crippen molar-refractivity contribution in [3.8, 4) is 11.8 Å². The highest BCUT2D eigenvalue weighted by Crippen LogP contribution is 2.38. The van der Waals surface area contributed by atoms with Gasteiger partial charge in [-0.1, -0.05) is 20.8 Å². The number of nitrogen functional groups attached to an aromatic ring is 1. The van der Waals surface area contributed by atoms with Gasteiger partial charge in [0, 0.05) is 0 Å². The van der Waals surface area contributed by atoms with Crippen LogP contribution in [0.2, 0.25) is 18.1 Å². The van der Waals surface area contributed by atoms with Gasteiger partial charge in [0.1, 0.15) is 5.75 Å². The Kier molecular flexibility index (Phi) is 3.53. The minimum Gasteiger partial charge on any atom is -0.542 e. The van der Waals surface area contributed by atoms with Crippen molar-refractivity contribution in [3.05, 3.63) is 23.8 Å². The van der Waals surface area contributed by atoms with Gasteiger partial charge in [-0.15, -0.1) is 0 Å². The van der Waals surface area contributed by atoms with Crippen LogP contribution in [0.1, 0.15) is 26.3 Å². The van der Waals surface area contributed by atoms with Crippen LogP contribution in [0.25, 0.3) is 0 Å². The third-order valence-electron chi connectivity index (χ3n) is 3.31. The first-order valence-electron chi connectivity index (χ1n) is 5.66. The molecule has 2 N–H and O–H groups in total. The monoisotopic (exact) mass is 248 g/mol. The predicted octanol–water partition coefficient (Wildman–Crippen LogP) is 3.52. The standard InChI is InChI=1S/C13H20N2OSi/c1-13(2,3)17(4,5)16-12-7-6-10(9-14)8-11(12)15/h6-8H,15H2,1-5H3. The highest BCUT2D eigenvalue weighted by Gasteiger charge is 2.39. The second kappa shape index (κ2) is 4.42.